The van der Waals surface area contributed by atoms with Gasteiger partial charge in [-0.15, -0.1) is 0 Å². The van der Waals surface area contributed by atoms with Gasteiger partial charge in [0.1, 0.15) is 11.5 Å². The highest BCUT2D eigenvalue weighted by Gasteiger charge is 2.29. The Kier molecular flexibility index (Phi) is 6.50. The van der Waals surface area contributed by atoms with Crippen LogP contribution in [0.1, 0.15) is 26.3 Å². The first-order valence-corrected chi connectivity index (χ1v) is 11.4. The molecular weight excluding hydrogens is 470 g/mol. The van der Waals surface area contributed by atoms with E-state index in [0.717, 1.165) is 0 Å². The number of allylic oxidation sites excluding steroid dienone is 1. The van der Waals surface area contributed by atoms with Crippen LogP contribution in [0.4, 0.5) is 16.2 Å². The SMILES string of the molecule is COC(=O)c1ccc(/C=C2\Oc3cc(OC(=O)N(c4ccccc4)c4ccccc4)ccc3C2=O)cc1. The fraction of sp³-hybridized carbons (Fsp3) is 0.0333. The maximum Gasteiger partial charge on any atom is 0.424 e. The van der Waals surface area contributed by atoms with Crippen molar-refractivity contribution in [2.24, 2.45) is 0 Å². The molecule has 1 heterocycles. The second-order valence-electron chi connectivity index (χ2n) is 8.09. The number of para-hydroxylation sites is 2. The normalized spacial score (nSPS) is 13.0. The molecule has 7 heteroatoms. The van der Waals surface area contributed by atoms with Crippen LogP contribution in [0.3, 0.4) is 0 Å². The molecule has 1 aliphatic rings. The lowest BCUT2D eigenvalue weighted by Gasteiger charge is -2.22. The summed E-state index contributed by atoms with van der Waals surface area (Å²) in [5.74, 6) is -0.0876. The fourth-order valence-electron chi connectivity index (χ4n) is 3.88. The van der Waals surface area contributed by atoms with Crippen molar-refractivity contribution in [2.75, 3.05) is 12.0 Å². The number of fused-ring (bicyclic) bond motifs is 1. The molecule has 0 atom stereocenters. The summed E-state index contributed by atoms with van der Waals surface area (Å²) in [6.45, 7) is 0. The summed E-state index contributed by atoms with van der Waals surface area (Å²) in [5.41, 5.74) is 2.74. The molecular formula is C30H21NO6. The molecule has 182 valence electrons. The molecule has 0 aliphatic carbocycles. The Hall–Kier alpha value is -5.17. The highest BCUT2D eigenvalue weighted by atomic mass is 16.6. The van der Waals surface area contributed by atoms with E-state index in [2.05, 4.69) is 0 Å². The largest absolute Gasteiger partial charge is 0.465 e. The number of ketones is 1. The quantitative estimate of drug-likeness (QED) is 0.236. The van der Waals surface area contributed by atoms with Gasteiger partial charge < -0.3 is 14.2 Å². The average molecular weight is 491 g/mol. The van der Waals surface area contributed by atoms with Gasteiger partial charge in [0.15, 0.2) is 5.76 Å². The van der Waals surface area contributed by atoms with Crippen LogP contribution in [0.2, 0.25) is 0 Å². The number of carbonyl (C=O) groups excluding carboxylic acids is 3. The summed E-state index contributed by atoms with van der Waals surface area (Å²) in [6, 6.07) is 29.6. The third-order valence-electron chi connectivity index (χ3n) is 5.69. The standard InChI is InChI=1S/C30H21NO6/c1-35-29(33)21-14-12-20(13-15-21)18-27-28(32)25-17-16-24(19-26(25)37-27)36-30(34)31(22-8-4-2-5-9-22)23-10-6-3-7-11-23/h2-19H,1H3/b27-18-. The molecule has 4 aromatic rings. The fourth-order valence-corrected chi connectivity index (χ4v) is 3.88. The summed E-state index contributed by atoms with van der Waals surface area (Å²) >= 11 is 0. The Bertz CT molecular complexity index is 1460. The van der Waals surface area contributed by atoms with Crippen molar-refractivity contribution in [3.05, 3.63) is 126 Å². The van der Waals surface area contributed by atoms with E-state index >= 15 is 0 Å². The van der Waals surface area contributed by atoms with Gasteiger partial charge >= 0.3 is 12.1 Å². The Morgan fingerprint density at radius 1 is 0.811 bits per heavy atom. The first-order chi connectivity index (χ1) is 18.0. The van der Waals surface area contributed by atoms with Crippen LogP contribution in [-0.4, -0.2) is 25.0 Å². The summed E-state index contributed by atoms with van der Waals surface area (Å²) in [7, 11) is 1.31. The molecule has 0 spiro atoms. The highest BCUT2D eigenvalue weighted by molar-refractivity contribution is 6.14. The van der Waals surface area contributed by atoms with E-state index in [0.29, 0.717) is 33.8 Å². The van der Waals surface area contributed by atoms with E-state index in [4.69, 9.17) is 14.2 Å². The summed E-state index contributed by atoms with van der Waals surface area (Å²) in [4.78, 5) is 39.2. The maximum atomic E-state index is 13.2. The molecule has 0 radical (unpaired) electrons. The van der Waals surface area contributed by atoms with Gasteiger partial charge in [0, 0.05) is 6.07 Å². The molecule has 0 bridgehead atoms. The van der Waals surface area contributed by atoms with Crippen LogP contribution in [0.5, 0.6) is 11.5 Å². The van der Waals surface area contributed by atoms with Crippen LogP contribution >= 0.6 is 0 Å². The Labute approximate surface area is 213 Å². The molecule has 1 aliphatic heterocycles. The third-order valence-corrected chi connectivity index (χ3v) is 5.69. The zero-order chi connectivity index (χ0) is 25.8. The average Bonchev–Trinajstić information content (AvgIpc) is 3.24. The highest BCUT2D eigenvalue weighted by Crippen LogP contribution is 2.35. The van der Waals surface area contributed by atoms with Crippen molar-refractivity contribution in [1.82, 2.24) is 0 Å². The number of esters is 1. The van der Waals surface area contributed by atoms with E-state index in [1.165, 1.54) is 18.1 Å². The number of carbonyl (C=O) groups is 3. The molecule has 0 fully saturated rings. The summed E-state index contributed by atoms with van der Waals surface area (Å²) in [5, 5.41) is 0. The minimum Gasteiger partial charge on any atom is -0.465 e. The van der Waals surface area contributed by atoms with Gasteiger partial charge in [-0.2, -0.15) is 0 Å². The van der Waals surface area contributed by atoms with Gasteiger partial charge in [0.05, 0.1) is 29.6 Å². The maximum absolute atomic E-state index is 13.2. The predicted octanol–water partition coefficient (Wildman–Crippen LogP) is 6.43. The van der Waals surface area contributed by atoms with Crippen molar-refractivity contribution in [3.63, 3.8) is 0 Å². The van der Waals surface area contributed by atoms with E-state index in [9.17, 15) is 14.4 Å². The second kappa shape index (κ2) is 10.2. The van der Waals surface area contributed by atoms with Crippen molar-refractivity contribution in [1.29, 1.82) is 0 Å². The molecule has 37 heavy (non-hydrogen) atoms. The Morgan fingerprint density at radius 3 is 2.03 bits per heavy atom. The Balaban J connectivity index is 1.36. The van der Waals surface area contributed by atoms with Gasteiger partial charge in [-0.1, -0.05) is 48.5 Å². The summed E-state index contributed by atoms with van der Waals surface area (Å²) in [6.07, 6.45) is 0.977. The van der Waals surface area contributed by atoms with Gasteiger partial charge in [-0.25, -0.2) is 14.5 Å². The lowest BCUT2D eigenvalue weighted by molar-refractivity contribution is 0.0600. The lowest BCUT2D eigenvalue weighted by atomic mass is 10.1. The topological polar surface area (TPSA) is 82.1 Å². The number of nitrogens with zero attached hydrogens (tertiary/aromatic N) is 1. The first kappa shape index (κ1) is 23.6. The molecule has 0 saturated carbocycles. The van der Waals surface area contributed by atoms with Crippen LogP contribution in [0.15, 0.2) is 109 Å². The van der Waals surface area contributed by atoms with E-state index in [1.54, 1.807) is 42.5 Å². The molecule has 5 rings (SSSR count). The zero-order valence-electron chi connectivity index (χ0n) is 19.8. The molecule has 0 saturated heterocycles. The zero-order valence-corrected chi connectivity index (χ0v) is 19.8. The van der Waals surface area contributed by atoms with Crippen molar-refractivity contribution < 1.29 is 28.6 Å². The van der Waals surface area contributed by atoms with Gasteiger partial charge in [-0.05, 0) is 60.2 Å². The van der Waals surface area contributed by atoms with E-state index < -0.39 is 12.1 Å². The number of anilines is 2. The minimum absolute atomic E-state index is 0.125. The number of amides is 1. The molecule has 0 aromatic heterocycles. The lowest BCUT2D eigenvalue weighted by Crippen LogP contribution is -2.29. The van der Waals surface area contributed by atoms with Gasteiger partial charge in [0.2, 0.25) is 5.78 Å². The molecule has 0 unspecified atom stereocenters. The van der Waals surface area contributed by atoms with Crippen LogP contribution in [0, 0.1) is 0 Å². The van der Waals surface area contributed by atoms with Crippen molar-refractivity contribution >= 4 is 35.3 Å². The number of rotatable bonds is 5. The number of hydrogen-bond acceptors (Lipinski definition) is 6. The molecule has 4 aromatic carbocycles. The number of hydrogen-bond donors (Lipinski definition) is 0. The van der Waals surface area contributed by atoms with Crippen LogP contribution in [-0.2, 0) is 4.74 Å². The Morgan fingerprint density at radius 2 is 1.43 bits per heavy atom. The first-order valence-electron chi connectivity index (χ1n) is 11.4. The predicted molar refractivity (Wildman–Crippen MR) is 138 cm³/mol. The van der Waals surface area contributed by atoms with Crippen LogP contribution in [0.25, 0.3) is 6.08 Å². The van der Waals surface area contributed by atoms with E-state index in [-0.39, 0.29) is 17.3 Å². The number of Topliss-reactive ketones (excluding diaryl/α,β-unsaturated/α-hetero) is 1. The third kappa shape index (κ3) is 4.97. The number of ether oxygens (including phenoxy) is 3. The smallest absolute Gasteiger partial charge is 0.424 e. The molecule has 1 amide bonds. The minimum atomic E-state index is -0.608. The number of methoxy groups -OCH3 is 1. The summed E-state index contributed by atoms with van der Waals surface area (Å²) < 4.78 is 16.2. The van der Waals surface area contributed by atoms with Crippen LogP contribution < -0.4 is 14.4 Å². The second-order valence-corrected chi connectivity index (χ2v) is 8.09. The number of benzene rings is 4. The molecule has 0 N–H and O–H groups in total. The van der Waals surface area contributed by atoms with E-state index in [1.807, 2.05) is 60.7 Å². The van der Waals surface area contributed by atoms with Gasteiger partial charge in [0.25, 0.3) is 0 Å². The van der Waals surface area contributed by atoms with Crippen molar-refractivity contribution in [3.8, 4) is 11.5 Å². The van der Waals surface area contributed by atoms with Crippen molar-refractivity contribution in [2.45, 2.75) is 0 Å². The monoisotopic (exact) mass is 491 g/mol. The molecule has 7 nitrogen and oxygen atoms in total. The van der Waals surface area contributed by atoms with Gasteiger partial charge in [-0.3, -0.25) is 4.79 Å².